The Morgan fingerprint density at radius 1 is 1.61 bits per heavy atom. The molecule has 1 aromatic heterocycles. The zero-order valence-corrected chi connectivity index (χ0v) is 13.6. The Balaban J connectivity index is 2.34. The molecule has 1 aliphatic heterocycles. The number of hydrogen-bond acceptors (Lipinski definition) is 6. The summed E-state index contributed by atoms with van der Waals surface area (Å²) in [5.74, 6) is 1.06. The minimum absolute atomic E-state index is 0.00888. The van der Waals surface area contributed by atoms with Crippen molar-refractivity contribution in [2.75, 3.05) is 39.0 Å². The van der Waals surface area contributed by atoms with Gasteiger partial charge in [0.2, 0.25) is 0 Å². The predicted octanol–water partition coefficient (Wildman–Crippen LogP) is 0.757. The Morgan fingerprint density at radius 3 is 2.91 bits per heavy atom. The smallest absolute Gasteiger partial charge is 0.140 e. The molecule has 0 radical (unpaired) electrons. The molecule has 23 heavy (non-hydrogen) atoms. The second-order valence-corrected chi connectivity index (χ2v) is 5.31. The number of rotatable bonds is 6. The monoisotopic (exact) mass is 315 g/mol. The minimum atomic E-state index is -0.00888. The van der Waals surface area contributed by atoms with Gasteiger partial charge in [-0.3, -0.25) is 15.3 Å². The molecule has 0 aliphatic carbocycles. The fourth-order valence-electron chi connectivity index (χ4n) is 2.84. The Bertz CT molecular complexity index is 563. The lowest BCUT2D eigenvalue weighted by molar-refractivity contribution is 0.117. The SMILES string of the molecule is C=CCC(N1CCNCC1)N(C=N)C(=NC)c1cccnc1N. The second-order valence-electron chi connectivity index (χ2n) is 5.31. The number of pyridine rings is 1. The molecule has 1 aliphatic rings. The van der Waals surface area contributed by atoms with E-state index in [4.69, 9.17) is 11.1 Å². The number of amidine groups is 1. The van der Waals surface area contributed by atoms with E-state index in [1.807, 2.05) is 23.1 Å². The number of piperazine rings is 1. The molecule has 2 rings (SSSR count). The van der Waals surface area contributed by atoms with Crippen molar-refractivity contribution in [1.82, 2.24) is 20.1 Å². The summed E-state index contributed by atoms with van der Waals surface area (Å²) in [6, 6.07) is 3.70. The molecule has 0 saturated carbocycles. The molecule has 0 bridgehead atoms. The summed E-state index contributed by atoms with van der Waals surface area (Å²) in [5.41, 5.74) is 6.74. The van der Waals surface area contributed by atoms with Crippen LogP contribution in [0.1, 0.15) is 12.0 Å². The molecule has 0 aromatic carbocycles. The third-order valence-electron chi connectivity index (χ3n) is 3.95. The van der Waals surface area contributed by atoms with Gasteiger partial charge in [0.15, 0.2) is 0 Å². The van der Waals surface area contributed by atoms with Crippen LogP contribution in [0, 0.1) is 5.41 Å². The van der Waals surface area contributed by atoms with E-state index in [2.05, 4.69) is 26.8 Å². The molecule has 1 atom stereocenters. The number of nitrogens with zero attached hydrogens (tertiary/aromatic N) is 4. The molecule has 1 fully saturated rings. The Morgan fingerprint density at radius 2 is 2.35 bits per heavy atom. The van der Waals surface area contributed by atoms with E-state index in [1.165, 1.54) is 6.34 Å². The molecule has 124 valence electrons. The van der Waals surface area contributed by atoms with E-state index >= 15 is 0 Å². The number of aliphatic imine (C=N–C) groups is 1. The van der Waals surface area contributed by atoms with Crippen LogP contribution in [0.25, 0.3) is 0 Å². The molecular formula is C16H25N7. The van der Waals surface area contributed by atoms with Crippen molar-refractivity contribution in [2.45, 2.75) is 12.6 Å². The van der Waals surface area contributed by atoms with Crippen LogP contribution in [0.15, 0.2) is 36.0 Å². The molecule has 4 N–H and O–H groups in total. The predicted molar refractivity (Wildman–Crippen MR) is 94.8 cm³/mol. The van der Waals surface area contributed by atoms with Gasteiger partial charge >= 0.3 is 0 Å². The van der Waals surface area contributed by atoms with Crippen LogP contribution in [-0.2, 0) is 0 Å². The number of hydrogen-bond donors (Lipinski definition) is 3. The van der Waals surface area contributed by atoms with Crippen molar-refractivity contribution >= 4 is 18.0 Å². The molecule has 1 unspecified atom stereocenters. The molecule has 7 heteroatoms. The number of nitrogens with one attached hydrogen (secondary N) is 2. The maximum atomic E-state index is 7.92. The van der Waals surface area contributed by atoms with Gasteiger partial charge in [-0.15, -0.1) is 6.58 Å². The molecule has 1 aromatic rings. The van der Waals surface area contributed by atoms with E-state index in [0.717, 1.165) is 38.2 Å². The summed E-state index contributed by atoms with van der Waals surface area (Å²) in [5, 5.41) is 11.3. The van der Waals surface area contributed by atoms with E-state index in [9.17, 15) is 0 Å². The van der Waals surface area contributed by atoms with Crippen molar-refractivity contribution in [3.63, 3.8) is 0 Å². The van der Waals surface area contributed by atoms with E-state index in [0.29, 0.717) is 11.7 Å². The third-order valence-corrected chi connectivity index (χ3v) is 3.95. The molecule has 1 saturated heterocycles. The zero-order valence-electron chi connectivity index (χ0n) is 13.6. The highest BCUT2D eigenvalue weighted by atomic mass is 15.4. The van der Waals surface area contributed by atoms with E-state index < -0.39 is 0 Å². The quantitative estimate of drug-likeness (QED) is 0.409. The first-order chi connectivity index (χ1) is 11.2. The largest absolute Gasteiger partial charge is 0.383 e. The van der Waals surface area contributed by atoms with Gasteiger partial charge in [0.1, 0.15) is 11.7 Å². The number of aromatic nitrogens is 1. The van der Waals surface area contributed by atoms with Crippen molar-refractivity contribution in [2.24, 2.45) is 4.99 Å². The summed E-state index contributed by atoms with van der Waals surface area (Å²) in [7, 11) is 1.71. The summed E-state index contributed by atoms with van der Waals surface area (Å²) in [6.07, 6.45) is 5.56. The lowest BCUT2D eigenvalue weighted by Crippen LogP contribution is -2.56. The first-order valence-electron chi connectivity index (χ1n) is 7.75. The topological polar surface area (TPSA) is 93.6 Å². The summed E-state index contributed by atoms with van der Waals surface area (Å²) in [4.78, 5) is 12.7. The van der Waals surface area contributed by atoms with Crippen LogP contribution in [0.5, 0.6) is 0 Å². The third kappa shape index (κ3) is 3.94. The Kier molecular flexibility index (Phi) is 6.25. The van der Waals surface area contributed by atoms with Crippen LogP contribution in [0.2, 0.25) is 0 Å². The average Bonchev–Trinajstić information content (AvgIpc) is 2.60. The number of nitrogen functional groups attached to an aromatic ring is 1. The normalized spacial score (nSPS) is 17.5. The van der Waals surface area contributed by atoms with Gasteiger partial charge in [0.25, 0.3) is 0 Å². The maximum Gasteiger partial charge on any atom is 0.140 e. The van der Waals surface area contributed by atoms with Gasteiger partial charge in [-0.1, -0.05) is 6.08 Å². The van der Waals surface area contributed by atoms with Crippen LogP contribution in [0.3, 0.4) is 0 Å². The first-order valence-corrected chi connectivity index (χ1v) is 7.75. The van der Waals surface area contributed by atoms with Crippen LogP contribution in [0.4, 0.5) is 5.82 Å². The second kappa shape index (κ2) is 8.40. The van der Waals surface area contributed by atoms with Crippen molar-refractivity contribution in [3.05, 3.63) is 36.5 Å². The molecule has 0 spiro atoms. The number of nitrogens with two attached hydrogens (primary N) is 1. The lowest BCUT2D eigenvalue weighted by Gasteiger charge is -2.40. The standard InChI is InChI=1S/C16H25N7/c1-3-5-14(22-10-8-20-9-11-22)23(12-17)16(19-2)13-6-4-7-21-15(13)18/h3-4,6-7,12,14,17,20H,1,5,8-11H2,2H3,(H2,18,21). The molecular weight excluding hydrogens is 290 g/mol. The first kappa shape index (κ1) is 17.1. The molecule has 2 heterocycles. The molecule has 7 nitrogen and oxygen atoms in total. The van der Waals surface area contributed by atoms with Gasteiger partial charge in [-0.25, -0.2) is 4.98 Å². The van der Waals surface area contributed by atoms with E-state index in [-0.39, 0.29) is 6.17 Å². The van der Waals surface area contributed by atoms with Crippen molar-refractivity contribution in [1.29, 1.82) is 5.41 Å². The Labute approximate surface area is 137 Å². The van der Waals surface area contributed by atoms with Crippen LogP contribution < -0.4 is 11.1 Å². The fraction of sp³-hybridized carbons (Fsp3) is 0.438. The minimum Gasteiger partial charge on any atom is -0.383 e. The van der Waals surface area contributed by atoms with Gasteiger partial charge in [-0.2, -0.15) is 0 Å². The van der Waals surface area contributed by atoms with Gasteiger partial charge in [0, 0.05) is 39.4 Å². The van der Waals surface area contributed by atoms with Crippen molar-refractivity contribution in [3.8, 4) is 0 Å². The summed E-state index contributed by atoms with van der Waals surface area (Å²) in [6.45, 7) is 7.58. The van der Waals surface area contributed by atoms with Crippen molar-refractivity contribution < 1.29 is 0 Å². The lowest BCUT2D eigenvalue weighted by atomic mass is 10.1. The highest BCUT2D eigenvalue weighted by Gasteiger charge is 2.28. The summed E-state index contributed by atoms with van der Waals surface area (Å²) >= 11 is 0. The highest BCUT2D eigenvalue weighted by Crippen LogP contribution is 2.18. The van der Waals surface area contributed by atoms with Crippen LogP contribution >= 0.6 is 0 Å². The van der Waals surface area contributed by atoms with E-state index in [1.54, 1.807) is 13.2 Å². The zero-order chi connectivity index (χ0) is 16.7. The van der Waals surface area contributed by atoms with Gasteiger partial charge in [-0.05, 0) is 18.6 Å². The Hall–Kier alpha value is -2.25. The fourth-order valence-corrected chi connectivity index (χ4v) is 2.84. The highest BCUT2D eigenvalue weighted by molar-refractivity contribution is 6.07. The number of anilines is 1. The molecule has 0 amide bonds. The maximum absolute atomic E-state index is 7.92. The van der Waals surface area contributed by atoms with Gasteiger partial charge < -0.3 is 16.0 Å². The average molecular weight is 315 g/mol. The van der Waals surface area contributed by atoms with Gasteiger partial charge in [0.05, 0.1) is 18.1 Å². The van der Waals surface area contributed by atoms with Crippen LogP contribution in [-0.4, -0.2) is 66.4 Å². The summed E-state index contributed by atoms with van der Waals surface area (Å²) < 4.78 is 0.